The second kappa shape index (κ2) is 6.47. The highest BCUT2D eigenvalue weighted by Gasteiger charge is 2.42. The van der Waals surface area contributed by atoms with Crippen molar-refractivity contribution < 1.29 is 13.3 Å². The molecule has 0 unspecified atom stereocenters. The van der Waals surface area contributed by atoms with E-state index < -0.39 is 20.5 Å². The zero-order chi connectivity index (χ0) is 18.2. The first-order chi connectivity index (χ1) is 11.7. The van der Waals surface area contributed by atoms with Crippen LogP contribution < -0.4 is 4.72 Å². The van der Waals surface area contributed by atoms with Crippen molar-refractivity contribution in [2.75, 3.05) is 0 Å². The Morgan fingerprint density at radius 1 is 1.28 bits per heavy atom. The lowest BCUT2D eigenvalue weighted by molar-refractivity contribution is -0.385. The highest BCUT2D eigenvalue weighted by molar-refractivity contribution is 7.89. The van der Waals surface area contributed by atoms with Crippen molar-refractivity contribution in [3.8, 4) is 0 Å². The molecule has 1 saturated carbocycles. The van der Waals surface area contributed by atoms with Gasteiger partial charge in [0.25, 0.3) is 5.69 Å². The van der Waals surface area contributed by atoms with Gasteiger partial charge in [-0.15, -0.1) is 11.3 Å². The van der Waals surface area contributed by atoms with Crippen molar-refractivity contribution in [2.24, 2.45) is 0 Å². The number of benzene rings is 1. The molecule has 0 bridgehead atoms. The van der Waals surface area contributed by atoms with E-state index in [-0.39, 0.29) is 10.6 Å². The van der Waals surface area contributed by atoms with Gasteiger partial charge in [0.05, 0.1) is 15.4 Å². The first-order valence-electron chi connectivity index (χ1n) is 7.95. The molecule has 1 aromatic heterocycles. The van der Waals surface area contributed by atoms with Gasteiger partial charge in [-0.05, 0) is 32.8 Å². The Hall–Kier alpha value is -1.84. The molecule has 134 valence electrons. The molecule has 0 atom stereocenters. The largest absolute Gasteiger partial charge is 0.273 e. The van der Waals surface area contributed by atoms with E-state index in [0.29, 0.717) is 18.4 Å². The summed E-state index contributed by atoms with van der Waals surface area (Å²) < 4.78 is 28.6. The van der Waals surface area contributed by atoms with Crippen LogP contribution in [-0.2, 0) is 15.6 Å². The predicted octanol–water partition coefficient (Wildman–Crippen LogP) is 3.42. The number of nitrogens with zero attached hydrogens (tertiary/aromatic N) is 2. The van der Waals surface area contributed by atoms with Gasteiger partial charge in [-0.1, -0.05) is 18.9 Å². The minimum Gasteiger partial charge on any atom is -0.258 e. The minimum absolute atomic E-state index is 0.0932. The Labute approximate surface area is 150 Å². The first-order valence-corrected chi connectivity index (χ1v) is 10.3. The van der Waals surface area contributed by atoms with Crippen LogP contribution in [0.4, 0.5) is 5.69 Å². The molecule has 0 radical (unpaired) electrons. The number of nitrogens with one attached hydrogen (secondary N) is 1. The second-order valence-electron chi connectivity index (χ2n) is 6.39. The summed E-state index contributed by atoms with van der Waals surface area (Å²) in [6, 6.07) is 3.98. The van der Waals surface area contributed by atoms with Crippen LogP contribution in [0.15, 0.2) is 28.5 Å². The number of rotatable bonds is 5. The molecule has 7 nitrogen and oxygen atoms in total. The lowest BCUT2D eigenvalue weighted by Crippen LogP contribution is -2.43. The number of hydrogen-bond donors (Lipinski definition) is 1. The lowest BCUT2D eigenvalue weighted by atomic mass is 10.0. The molecule has 1 aliphatic rings. The van der Waals surface area contributed by atoms with Gasteiger partial charge >= 0.3 is 0 Å². The third-order valence-corrected chi connectivity index (χ3v) is 7.20. The molecule has 3 rings (SSSR count). The molecule has 0 amide bonds. The SMILES string of the molecule is Cc1csc(C2(NS(=O)(=O)c3ccc(C)c([N+](=O)[O-])c3)CCCC2)n1. The van der Waals surface area contributed by atoms with E-state index in [2.05, 4.69) is 9.71 Å². The molecule has 0 aliphatic heterocycles. The molecule has 9 heteroatoms. The fraction of sp³-hybridized carbons (Fsp3) is 0.438. The Morgan fingerprint density at radius 3 is 2.52 bits per heavy atom. The number of aromatic nitrogens is 1. The fourth-order valence-electron chi connectivity index (χ4n) is 3.18. The van der Waals surface area contributed by atoms with Crippen molar-refractivity contribution >= 4 is 27.0 Å². The van der Waals surface area contributed by atoms with Crippen LogP contribution in [0, 0.1) is 24.0 Å². The highest BCUT2D eigenvalue weighted by atomic mass is 32.2. The quantitative estimate of drug-likeness (QED) is 0.631. The molecule has 0 saturated heterocycles. The summed E-state index contributed by atoms with van der Waals surface area (Å²) >= 11 is 1.45. The fourth-order valence-corrected chi connectivity index (χ4v) is 5.71. The molecule has 1 heterocycles. The van der Waals surface area contributed by atoms with Gasteiger partial charge in [0.1, 0.15) is 5.01 Å². The topological polar surface area (TPSA) is 102 Å². The number of sulfonamides is 1. The van der Waals surface area contributed by atoms with Crippen LogP contribution in [0.25, 0.3) is 0 Å². The third kappa shape index (κ3) is 3.44. The van der Waals surface area contributed by atoms with Gasteiger partial charge in [0.15, 0.2) is 0 Å². The predicted molar refractivity (Wildman–Crippen MR) is 95.2 cm³/mol. The summed E-state index contributed by atoms with van der Waals surface area (Å²) in [4.78, 5) is 14.9. The molecule has 0 spiro atoms. The number of nitro groups is 1. The van der Waals surface area contributed by atoms with Crippen LogP contribution in [0.5, 0.6) is 0 Å². The van der Waals surface area contributed by atoms with Gasteiger partial charge in [-0.25, -0.2) is 13.4 Å². The van der Waals surface area contributed by atoms with Gasteiger partial charge in [-0.2, -0.15) is 4.72 Å². The van der Waals surface area contributed by atoms with E-state index in [4.69, 9.17) is 0 Å². The smallest absolute Gasteiger partial charge is 0.258 e. The maximum Gasteiger partial charge on any atom is 0.273 e. The van der Waals surface area contributed by atoms with Crippen LogP contribution in [0.1, 0.15) is 41.9 Å². The van der Waals surface area contributed by atoms with E-state index in [1.165, 1.54) is 23.5 Å². The lowest BCUT2D eigenvalue weighted by Gasteiger charge is -2.27. The number of hydrogen-bond acceptors (Lipinski definition) is 6. The summed E-state index contributed by atoms with van der Waals surface area (Å²) in [6.45, 7) is 3.46. The maximum atomic E-state index is 12.9. The highest BCUT2D eigenvalue weighted by Crippen LogP contribution is 2.41. The third-order valence-electron chi connectivity index (χ3n) is 4.50. The average molecular weight is 381 g/mol. The van der Waals surface area contributed by atoms with Gasteiger partial charge in [0.2, 0.25) is 10.0 Å². The maximum absolute atomic E-state index is 12.9. The van der Waals surface area contributed by atoms with E-state index >= 15 is 0 Å². The van der Waals surface area contributed by atoms with Crippen molar-refractivity contribution in [1.82, 2.24) is 9.71 Å². The molecule has 1 aliphatic carbocycles. The molecule has 1 aromatic carbocycles. The van der Waals surface area contributed by atoms with E-state index in [0.717, 1.165) is 29.6 Å². The Kier molecular flexibility index (Phi) is 4.65. The van der Waals surface area contributed by atoms with Crippen LogP contribution >= 0.6 is 11.3 Å². The van der Waals surface area contributed by atoms with E-state index in [9.17, 15) is 18.5 Å². The van der Waals surface area contributed by atoms with Gasteiger partial charge in [0, 0.05) is 22.7 Å². The zero-order valence-electron chi connectivity index (χ0n) is 14.0. The average Bonchev–Trinajstić information content (AvgIpc) is 3.16. The first kappa shape index (κ1) is 18.0. The molecular formula is C16H19N3O4S2. The van der Waals surface area contributed by atoms with E-state index in [1.54, 1.807) is 6.92 Å². The summed E-state index contributed by atoms with van der Waals surface area (Å²) in [7, 11) is -3.90. The van der Waals surface area contributed by atoms with Crippen LogP contribution in [0.2, 0.25) is 0 Å². The van der Waals surface area contributed by atoms with Crippen LogP contribution in [0.3, 0.4) is 0 Å². The minimum atomic E-state index is -3.90. The number of aryl methyl sites for hydroxylation is 2. The second-order valence-corrected chi connectivity index (χ2v) is 8.93. The standard InChI is InChI=1S/C16H19N3O4S2/c1-11-5-6-13(9-14(11)19(20)21)25(22,23)18-16(7-3-4-8-16)15-17-12(2)10-24-15/h5-6,9-10,18H,3-4,7-8H2,1-2H3. The van der Waals surface area contributed by atoms with Crippen molar-refractivity contribution in [1.29, 1.82) is 0 Å². The summed E-state index contributed by atoms with van der Waals surface area (Å²) in [5, 5.41) is 13.8. The van der Waals surface area contributed by atoms with Gasteiger partial charge < -0.3 is 0 Å². The number of nitro benzene ring substituents is 1. The Balaban J connectivity index is 2.00. The number of thiazole rings is 1. The zero-order valence-corrected chi connectivity index (χ0v) is 15.6. The van der Waals surface area contributed by atoms with Crippen molar-refractivity contribution in [2.45, 2.75) is 50.0 Å². The molecule has 1 fully saturated rings. The molecule has 25 heavy (non-hydrogen) atoms. The normalized spacial score (nSPS) is 16.9. The Bertz CT molecular complexity index is 915. The van der Waals surface area contributed by atoms with Crippen molar-refractivity contribution in [3.63, 3.8) is 0 Å². The monoisotopic (exact) mass is 381 g/mol. The summed E-state index contributed by atoms with van der Waals surface area (Å²) in [5.41, 5.74) is 0.359. The Morgan fingerprint density at radius 2 is 1.96 bits per heavy atom. The van der Waals surface area contributed by atoms with Gasteiger partial charge in [-0.3, -0.25) is 10.1 Å². The van der Waals surface area contributed by atoms with Crippen molar-refractivity contribution in [3.05, 3.63) is 50.0 Å². The summed E-state index contributed by atoms with van der Waals surface area (Å²) in [6.07, 6.45) is 3.17. The molecular weight excluding hydrogens is 362 g/mol. The van der Waals surface area contributed by atoms with E-state index in [1.807, 2.05) is 12.3 Å². The van der Waals surface area contributed by atoms with Crippen LogP contribution in [-0.4, -0.2) is 18.3 Å². The molecule has 1 N–H and O–H groups in total. The summed E-state index contributed by atoms with van der Waals surface area (Å²) in [5.74, 6) is 0. The molecule has 2 aromatic rings.